The number of likely N-dealkylation sites (tertiary alicyclic amines) is 1. The molecule has 31 heavy (non-hydrogen) atoms. The molecule has 0 unspecified atom stereocenters. The summed E-state index contributed by atoms with van der Waals surface area (Å²) in [6.45, 7) is 3.55. The number of benzene rings is 2. The Balaban J connectivity index is 1.48. The number of rotatable bonds is 9. The second kappa shape index (κ2) is 11.0. The fourth-order valence-electron chi connectivity index (χ4n) is 3.65. The fourth-order valence-corrected chi connectivity index (χ4v) is 5.11. The minimum absolute atomic E-state index is 0.0742. The SMILES string of the molecule is CCCNS(=O)(=O)c1ccc(OCC(=O)N2CCC(Cc3ccccc3)CC2)c(Cl)c1. The van der Waals surface area contributed by atoms with Crippen molar-refractivity contribution in [2.24, 2.45) is 5.92 Å². The Bertz CT molecular complexity index is 974. The molecule has 1 saturated heterocycles. The first kappa shape index (κ1) is 23.6. The van der Waals surface area contributed by atoms with E-state index in [1.165, 1.54) is 23.8 Å². The molecule has 8 heteroatoms. The van der Waals surface area contributed by atoms with Crippen LogP contribution in [0.25, 0.3) is 0 Å². The van der Waals surface area contributed by atoms with E-state index in [4.69, 9.17) is 16.3 Å². The third kappa shape index (κ3) is 6.69. The molecule has 1 amide bonds. The van der Waals surface area contributed by atoms with Crippen LogP contribution in [0.4, 0.5) is 0 Å². The summed E-state index contributed by atoms with van der Waals surface area (Å²) in [4.78, 5) is 14.4. The number of hydrogen-bond donors (Lipinski definition) is 1. The molecule has 0 aromatic heterocycles. The maximum atomic E-state index is 12.5. The van der Waals surface area contributed by atoms with Crippen LogP contribution in [-0.2, 0) is 21.2 Å². The monoisotopic (exact) mass is 464 g/mol. The molecule has 6 nitrogen and oxygen atoms in total. The second-order valence-electron chi connectivity index (χ2n) is 7.79. The van der Waals surface area contributed by atoms with Crippen molar-refractivity contribution in [1.29, 1.82) is 0 Å². The van der Waals surface area contributed by atoms with E-state index in [-0.39, 0.29) is 22.4 Å². The molecule has 1 aliphatic heterocycles. The maximum Gasteiger partial charge on any atom is 0.260 e. The van der Waals surface area contributed by atoms with Crippen molar-refractivity contribution in [2.75, 3.05) is 26.2 Å². The Kier molecular flexibility index (Phi) is 8.35. The molecule has 0 bridgehead atoms. The van der Waals surface area contributed by atoms with Crippen LogP contribution in [0.5, 0.6) is 5.75 Å². The zero-order valence-electron chi connectivity index (χ0n) is 17.7. The number of amides is 1. The molecule has 0 radical (unpaired) electrons. The van der Waals surface area contributed by atoms with E-state index in [9.17, 15) is 13.2 Å². The lowest BCUT2D eigenvalue weighted by atomic mass is 9.90. The van der Waals surface area contributed by atoms with Gasteiger partial charge in [-0.3, -0.25) is 4.79 Å². The third-order valence-corrected chi connectivity index (χ3v) is 7.20. The quantitative estimate of drug-likeness (QED) is 0.610. The lowest BCUT2D eigenvalue weighted by Crippen LogP contribution is -2.41. The maximum absolute atomic E-state index is 12.5. The molecule has 1 N–H and O–H groups in total. The molecule has 0 aliphatic carbocycles. The zero-order valence-corrected chi connectivity index (χ0v) is 19.3. The summed E-state index contributed by atoms with van der Waals surface area (Å²) < 4.78 is 32.5. The van der Waals surface area contributed by atoms with Gasteiger partial charge in [-0.2, -0.15) is 0 Å². The van der Waals surface area contributed by atoms with Gasteiger partial charge in [-0.15, -0.1) is 0 Å². The molecular formula is C23H29ClN2O4S. The van der Waals surface area contributed by atoms with Crippen molar-refractivity contribution >= 4 is 27.5 Å². The van der Waals surface area contributed by atoms with Crippen molar-refractivity contribution in [3.63, 3.8) is 0 Å². The molecule has 1 aliphatic rings. The number of carbonyl (C=O) groups excluding carboxylic acids is 1. The number of nitrogens with one attached hydrogen (secondary N) is 1. The van der Waals surface area contributed by atoms with Crippen molar-refractivity contribution in [3.05, 3.63) is 59.1 Å². The van der Waals surface area contributed by atoms with Gasteiger partial charge in [0.15, 0.2) is 6.61 Å². The van der Waals surface area contributed by atoms with Gasteiger partial charge in [0.25, 0.3) is 5.91 Å². The molecule has 2 aromatic rings. The standard InChI is InChI=1S/C23H29ClN2O4S/c1-2-12-25-31(28,29)20-8-9-22(21(24)16-20)30-17-23(27)26-13-10-19(11-14-26)15-18-6-4-3-5-7-18/h3-9,16,19,25H,2,10-15,17H2,1H3. The third-order valence-electron chi connectivity index (χ3n) is 5.44. The van der Waals surface area contributed by atoms with Gasteiger partial charge < -0.3 is 9.64 Å². The molecule has 1 heterocycles. The molecule has 2 aromatic carbocycles. The Labute approximate surface area is 189 Å². The smallest absolute Gasteiger partial charge is 0.260 e. The number of ether oxygens (including phenoxy) is 1. The Morgan fingerprint density at radius 2 is 1.87 bits per heavy atom. The highest BCUT2D eigenvalue weighted by atomic mass is 35.5. The molecule has 3 rings (SSSR count). The molecule has 168 valence electrons. The summed E-state index contributed by atoms with van der Waals surface area (Å²) >= 11 is 6.19. The van der Waals surface area contributed by atoms with Crippen molar-refractivity contribution < 1.29 is 17.9 Å². The van der Waals surface area contributed by atoms with Crippen LogP contribution in [-0.4, -0.2) is 45.5 Å². The molecular weight excluding hydrogens is 436 g/mol. The average Bonchev–Trinajstić information content (AvgIpc) is 2.78. The van der Waals surface area contributed by atoms with Crippen molar-refractivity contribution in [2.45, 2.75) is 37.5 Å². The van der Waals surface area contributed by atoms with Gasteiger partial charge in [0.05, 0.1) is 9.92 Å². The summed E-state index contributed by atoms with van der Waals surface area (Å²) in [5, 5.41) is 0.161. The normalized spacial score (nSPS) is 15.1. The average molecular weight is 465 g/mol. The minimum Gasteiger partial charge on any atom is -0.482 e. The Morgan fingerprint density at radius 3 is 2.52 bits per heavy atom. The van der Waals surface area contributed by atoms with Gasteiger partial charge in [-0.1, -0.05) is 48.9 Å². The number of carbonyl (C=O) groups is 1. The predicted octanol–water partition coefficient (Wildman–Crippen LogP) is 3.89. The number of hydrogen-bond acceptors (Lipinski definition) is 4. The first-order valence-electron chi connectivity index (χ1n) is 10.6. The first-order chi connectivity index (χ1) is 14.9. The predicted molar refractivity (Wildman–Crippen MR) is 122 cm³/mol. The highest BCUT2D eigenvalue weighted by Gasteiger charge is 2.23. The van der Waals surface area contributed by atoms with Crippen molar-refractivity contribution in [1.82, 2.24) is 9.62 Å². The van der Waals surface area contributed by atoms with Crippen LogP contribution in [0.1, 0.15) is 31.7 Å². The summed E-state index contributed by atoms with van der Waals surface area (Å²) in [5.74, 6) is 0.789. The van der Waals surface area contributed by atoms with Crippen molar-refractivity contribution in [3.8, 4) is 5.75 Å². The van der Waals surface area contributed by atoms with Crippen LogP contribution in [0.2, 0.25) is 5.02 Å². The van der Waals surface area contributed by atoms with E-state index in [2.05, 4.69) is 29.0 Å². The van der Waals surface area contributed by atoms with Crippen LogP contribution in [0, 0.1) is 5.92 Å². The van der Waals surface area contributed by atoms with E-state index in [1.807, 2.05) is 17.9 Å². The fraction of sp³-hybridized carbons (Fsp3) is 0.435. The van der Waals surface area contributed by atoms with E-state index in [1.54, 1.807) is 0 Å². The number of nitrogens with zero attached hydrogens (tertiary/aromatic N) is 1. The van der Waals surface area contributed by atoms with Gasteiger partial charge in [0.2, 0.25) is 10.0 Å². The van der Waals surface area contributed by atoms with E-state index >= 15 is 0 Å². The zero-order chi connectivity index (χ0) is 22.3. The number of piperidine rings is 1. The molecule has 0 saturated carbocycles. The minimum atomic E-state index is -3.60. The van der Waals surface area contributed by atoms with E-state index in [0.29, 0.717) is 37.7 Å². The van der Waals surface area contributed by atoms with Gasteiger partial charge in [0.1, 0.15) is 5.75 Å². The highest BCUT2D eigenvalue weighted by molar-refractivity contribution is 7.89. The number of sulfonamides is 1. The summed E-state index contributed by atoms with van der Waals surface area (Å²) in [6, 6.07) is 14.7. The van der Waals surface area contributed by atoms with E-state index < -0.39 is 10.0 Å². The highest BCUT2D eigenvalue weighted by Crippen LogP contribution is 2.28. The summed E-state index contributed by atoms with van der Waals surface area (Å²) in [6.07, 6.45) is 3.68. The van der Waals surface area contributed by atoms with Crippen LogP contribution in [0.15, 0.2) is 53.4 Å². The summed E-state index contributed by atoms with van der Waals surface area (Å²) in [7, 11) is -3.60. The molecule has 1 fully saturated rings. The summed E-state index contributed by atoms with van der Waals surface area (Å²) in [5.41, 5.74) is 1.33. The number of halogens is 1. The molecule has 0 atom stereocenters. The van der Waals surface area contributed by atoms with Crippen LogP contribution < -0.4 is 9.46 Å². The molecule has 0 spiro atoms. The van der Waals surface area contributed by atoms with E-state index in [0.717, 1.165) is 19.3 Å². The lowest BCUT2D eigenvalue weighted by molar-refractivity contribution is -0.134. The van der Waals surface area contributed by atoms with Crippen LogP contribution >= 0.6 is 11.6 Å². The second-order valence-corrected chi connectivity index (χ2v) is 9.97. The largest absolute Gasteiger partial charge is 0.482 e. The van der Waals surface area contributed by atoms with Gasteiger partial charge in [-0.25, -0.2) is 13.1 Å². The van der Waals surface area contributed by atoms with Crippen LogP contribution in [0.3, 0.4) is 0 Å². The first-order valence-corrected chi connectivity index (χ1v) is 12.5. The Hall–Kier alpha value is -2.09. The topological polar surface area (TPSA) is 75.7 Å². The van der Waals surface area contributed by atoms with Gasteiger partial charge >= 0.3 is 0 Å². The van der Waals surface area contributed by atoms with Gasteiger partial charge in [0, 0.05) is 19.6 Å². The van der Waals surface area contributed by atoms with Gasteiger partial charge in [-0.05, 0) is 55.4 Å². The Morgan fingerprint density at radius 1 is 1.16 bits per heavy atom. The lowest BCUT2D eigenvalue weighted by Gasteiger charge is -2.32.